The monoisotopic (exact) mass is 218 g/mol. The molecule has 0 saturated heterocycles. The number of rotatable bonds is 2. The number of hydrogen-bond acceptors (Lipinski definition) is 3. The van der Waals surface area contributed by atoms with Gasteiger partial charge in [0.1, 0.15) is 5.52 Å². The summed E-state index contributed by atoms with van der Waals surface area (Å²) >= 11 is 0. The summed E-state index contributed by atoms with van der Waals surface area (Å²) in [6, 6.07) is 5.45. The van der Waals surface area contributed by atoms with Crippen LogP contribution in [0, 0.1) is 0 Å². The Hall–Kier alpha value is -1.84. The van der Waals surface area contributed by atoms with Crippen molar-refractivity contribution < 1.29 is 9.21 Å². The van der Waals surface area contributed by atoms with Crippen LogP contribution < -0.4 is 5.32 Å². The number of benzene rings is 1. The van der Waals surface area contributed by atoms with Crippen molar-refractivity contribution in [2.75, 3.05) is 5.32 Å². The van der Waals surface area contributed by atoms with E-state index in [0.717, 1.165) is 17.1 Å². The predicted molar refractivity (Wildman–Crippen MR) is 62.4 cm³/mol. The second-order valence-corrected chi connectivity index (χ2v) is 4.07. The first kappa shape index (κ1) is 10.7. The minimum atomic E-state index is -0.0945. The zero-order chi connectivity index (χ0) is 11.7. The van der Waals surface area contributed by atoms with Crippen molar-refractivity contribution in [1.29, 1.82) is 0 Å². The fraction of sp³-hybridized carbons (Fsp3) is 0.333. The molecule has 0 unspecified atom stereocenters. The van der Waals surface area contributed by atoms with Gasteiger partial charge in [-0.3, -0.25) is 4.79 Å². The minimum absolute atomic E-state index is 0.0945. The average Bonchev–Trinajstić information content (AvgIpc) is 2.59. The quantitative estimate of drug-likeness (QED) is 0.843. The Kier molecular flexibility index (Phi) is 2.64. The average molecular weight is 218 g/mol. The van der Waals surface area contributed by atoms with Crippen molar-refractivity contribution in [3.05, 3.63) is 24.1 Å². The van der Waals surface area contributed by atoms with Crippen LogP contribution in [0.25, 0.3) is 11.1 Å². The molecular weight excluding hydrogens is 204 g/mol. The number of carbonyl (C=O) groups excluding carboxylic acids is 1. The number of carbonyl (C=O) groups is 1. The molecule has 1 amide bonds. The van der Waals surface area contributed by atoms with Gasteiger partial charge in [0.05, 0.1) is 0 Å². The molecule has 16 heavy (non-hydrogen) atoms. The highest BCUT2D eigenvalue weighted by molar-refractivity contribution is 5.91. The molecule has 0 aliphatic heterocycles. The van der Waals surface area contributed by atoms with Crippen LogP contribution in [0.5, 0.6) is 0 Å². The van der Waals surface area contributed by atoms with E-state index >= 15 is 0 Å². The predicted octanol–water partition coefficient (Wildman–Crippen LogP) is 2.91. The number of fused-ring (bicyclic) bond motifs is 1. The van der Waals surface area contributed by atoms with E-state index in [1.54, 1.807) is 6.07 Å². The highest BCUT2D eigenvalue weighted by Gasteiger charge is 2.09. The van der Waals surface area contributed by atoms with E-state index in [1.165, 1.54) is 6.92 Å². The SMILES string of the molecule is CC(=O)Nc1ccc2nc(C(C)C)oc2c1. The third kappa shape index (κ3) is 2.05. The molecule has 0 spiro atoms. The smallest absolute Gasteiger partial charge is 0.221 e. The van der Waals surface area contributed by atoms with Gasteiger partial charge in [-0.15, -0.1) is 0 Å². The first-order valence-corrected chi connectivity index (χ1v) is 5.24. The highest BCUT2D eigenvalue weighted by Crippen LogP contribution is 2.23. The van der Waals surface area contributed by atoms with Crippen molar-refractivity contribution in [1.82, 2.24) is 4.98 Å². The molecule has 84 valence electrons. The maximum Gasteiger partial charge on any atom is 0.221 e. The topological polar surface area (TPSA) is 55.1 Å². The van der Waals surface area contributed by atoms with Gasteiger partial charge in [0.15, 0.2) is 11.5 Å². The summed E-state index contributed by atoms with van der Waals surface area (Å²) in [7, 11) is 0. The van der Waals surface area contributed by atoms with E-state index in [-0.39, 0.29) is 11.8 Å². The lowest BCUT2D eigenvalue weighted by Crippen LogP contribution is -2.05. The number of hydrogen-bond donors (Lipinski definition) is 1. The van der Waals surface area contributed by atoms with Gasteiger partial charge >= 0.3 is 0 Å². The fourth-order valence-electron chi connectivity index (χ4n) is 1.47. The molecule has 1 aromatic heterocycles. The normalized spacial score (nSPS) is 11.0. The summed E-state index contributed by atoms with van der Waals surface area (Å²) in [5, 5.41) is 2.71. The molecule has 2 rings (SSSR count). The second-order valence-electron chi connectivity index (χ2n) is 4.07. The Bertz CT molecular complexity index is 529. The van der Waals surface area contributed by atoms with E-state index in [1.807, 2.05) is 26.0 Å². The third-order valence-electron chi connectivity index (χ3n) is 2.22. The Balaban J connectivity index is 2.41. The van der Waals surface area contributed by atoms with Gasteiger partial charge < -0.3 is 9.73 Å². The standard InChI is InChI=1S/C12H14N2O2/c1-7(2)12-14-10-5-4-9(13-8(3)15)6-11(10)16-12/h4-7H,1-3H3,(H,13,15). The lowest BCUT2D eigenvalue weighted by atomic mass is 10.2. The molecule has 4 nitrogen and oxygen atoms in total. The molecule has 2 aromatic rings. The van der Waals surface area contributed by atoms with Crippen LogP contribution in [-0.2, 0) is 4.79 Å². The van der Waals surface area contributed by atoms with E-state index in [0.29, 0.717) is 5.58 Å². The van der Waals surface area contributed by atoms with Gasteiger partial charge in [-0.05, 0) is 12.1 Å². The summed E-state index contributed by atoms with van der Waals surface area (Å²) in [4.78, 5) is 15.3. The molecule has 1 heterocycles. The minimum Gasteiger partial charge on any atom is -0.440 e. The van der Waals surface area contributed by atoms with Crippen LogP contribution in [0.3, 0.4) is 0 Å². The first-order chi connectivity index (χ1) is 7.56. The van der Waals surface area contributed by atoms with Crippen LogP contribution >= 0.6 is 0 Å². The largest absolute Gasteiger partial charge is 0.440 e. The lowest BCUT2D eigenvalue weighted by Gasteiger charge is -1.99. The molecule has 1 aromatic carbocycles. The summed E-state index contributed by atoms with van der Waals surface area (Å²) in [5.74, 6) is 0.884. The van der Waals surface area contributed by atoms with E-state index in [2.05, 4.69) is 10.3 Å². The van der Waals surface area contributed by atoms with E-state index < -0.39 is 0 Å². The molecule has 0 saturated carbocycles. The molecule has 0 fully saturated rings. The molecule has 0 aliphatic rings. The number of aromatic nitrogens is 1. The van der Waals surface area contributed by atoms with Crippen LogP contribution in [0.1, 0.15) is 32.6 Å². The Labute approximate surface area is 93.7 Å². The maximum absolute atomic E-state index is 10.9. The fourth-order valence-corrected chi connectivity index (χ4v) is 1.47. The number of anilines is 1. The van der Waals surface area contributed by atoms with Crippen LogP contribution in [0.15, 0.2) is 22.6 Å². The van der Waals surface area contributed by atoms with Crippen molar-refractivity contribution in [3.8, 4) is 0 Å². The van der Waals surface area contributed by atoms with Gasteiger partial charge in [-0.2, -0.15) is 0 Å². The van der Waals surface area contributed by atoms with Gasteiger partial charge in [0, 0.05) is 24.6 Å². The number of nitrogens with one attached hydrogen (secondary N) is 1. The lowest BCUT2D eigenvalue weighted by molar-refractivity contribution is -0.114. The number of nitrogens with zero attached hydrogens (tertiary/aromatic N) is 1. The van der Waals surface area contributed by atoms with Crippen molar-refractivity contribution in [3.63, 3.8) is 0 Å². The molecule has 1 N–H and O–H groups in total. The van der Waals surface area contributed by atoms with Crippen molar-refractivity contribution >= 4 is 22.7 Å². The van der Waals surface area contributed by atoms with Crippen LogP contribution in [0.2, 0.25) is 0 Å². The molecule has 0 aliphatic carbocycles. The summed E-state index contributed by atoms with van der Waals surface area (Å²) in [6.07, 6.45) is 0. The molecular formula is C12H14N2O2. The van der Waals surface area contributed by atoms with Gasteiger partial charge in [0.2, 0.25) is 5.91 Å². The third-order valence-corrected chi connectivity index (χ3v) is 2.22. The maximum atomic E-state index is 10.9. The highest BCUT2D eigenvalue weighted by atomic mass is 16.3. The molecule has 0 radical (unpaired) electrons. The Morgan fingerprint density at radius 2 is 2.19 bits per heavy atom. The summed E-state index contributed by atoms with van der Waals surface area (Å²) in [5.41, 5.74) is 2.25. The zero-order valence-corrected chi connectivity index (χ0v) is 9.57. The Morgan fingerprint density at radius 3 is 2.81 bits per heavy atom. The molecule has 4 heteroatoms. The van der Waals surface area contributed by atoms with Crippen LogP contribution in [0.4, 0.5) is 5.69 Å². The van der Waals surface area contributed by atoms with Gasteiger partial charge in [-0.1, -0.05) is 13.8 Å². The number of oxazole rings is 1. The van der Waals surface area contributed by atoms with E-state index in [4.69, 9.17) is 4.42 Å². The molecule has 0 atom stereocenters. The summed E-state index contributed by atoms with van der Waals surface area (Å²) < 4.78 is 5.59. The van der Waals surface area contributed by atoms with Gasteiger partial charge in [0.25, 0.3) is 0 Å². The summed E-state index contributed by atoms with van der Waals surface area (Å²) in [6.45, 7) is 5.53. The van der Waals surface area contributed by atoms with Crippen molar-refractivity contribution in [2.24, 2.45) is 0 Å². The van der Waals surface area contributed by atoms with E-state index in [9.17, 15) is 4.79 Å². The zero-order valence-electron chi connectivity index (χ0n) is 9.57. The second kappa shape index (κ2) is 3.96. The van der Waals surface area contributed by atoms with Crippen molar-refractivity contribution in [2.45, 2.75) is 26.7 Å². The van der Waals surface area contributed by atoms with Crippen LogP contribution in [-0.4, -0.2) is 10.9 Å². The first-order valence-electron chi connectivity index (χ1n) is 5.24. The Morgan fingerprint density at radius 1 is 1.44 bits per heavy atom. The molecule has 0 bridgehead atoms. The van der Waals surface area contributed by atoms with Gasteiger partial charge in [-0.25, -0.2) is 4.98 Å². The number of amides is 1.